The first-order chi connectivity index (χ1) is 8.95. The molecule has 1 aliphatic rings. The highest BCUT2D eigenvalue weighted by Crippen LogP contribution is 2.44. The van der Waals surface area contributed by atoms with Crippen molar-refractivity contribution >= 4 is 23.3 Å². The first kappa shape index (κ1) is 13.9. The van der Waals surface area contributed by atoms with E-state index in [1.165, 1.54) is 26.1 Å². The van der Waals surface area contributed by atoms with E-state index in [4.69, 9.17) is 11.6 Å². The monoisotopic (exact) mass is 285 g/mol. The molecular weight excluding hydrogens is 270 g/mol. The molecule has 0 saturated heterocycles. The molecule has 6 nitrogen and oxygen atoms in total. The molecule has 1 saturated carbocycles. The highest BCUT2D eigenvalue weighted by Gasteiger charge is 2.36. The number of carbonyl (C=O) groups excluding carboxylic acids is 1. The van der Waals surface area contributed by atoms with Gasteiger partial charge >= 0.3 is 5.97 Å². The Hall–Kier alpha value is -1.56. The largest absolute Gasteiger partial charge is 0.468 e. The molecule has 0 radical (unpaired) electrons. The minimum atomic E-state index is -0.545. The van der Waals surface area contributed by atoms with E-state index in [1.54, 1.807) is 0 Å². The minimum Gasteiger partial charge on any atom is -0.468 e. The number of hydrogen-bond donors (Lipinski definition) is 1. The number of ether oxygens (including phenoxy) is 1. The number of aromatic nitrogens is 2. The van der Waals surface area contributed by atoms with Crippen molar-refractivity contribution < 1.29 is 9.53 Å². The van der Waals surface area contributed by atoms with Crippen LogP contribution in [0.15, 0.2) is 11.0 Å². The predicted octanol–water partition coefficient (Wildman–Crippen LogP) is 1.28. The maximum atomic E-state index is 11.9. The summed E-state index contributed by atoms with van der Waals surface area (Å²) in [4.78, 5) is 23.0. The molecule has 7 heteroatoms. The summed E-state index contributed by atoms with van der Waals surface area (Å²) in [5, 5.41) is 7.08. The molecule has 0 spiro atoms. The van der Waals surface area contributed by atoms with Crippen molar-refractivity contribution in [1.82, 2.24) is 9.78 Å². The normalized spacial score (nSPS) is 15.9. The average Bonchev–Trinajstić information content (AvgIpc) is 3.12. The number of esters is 1. The summed E-state index contributed by atoms with van der Waals surface area (Å²) in [6.45, 7) is 2.68. The molecule has 104 valence electrons. The maximum absolute atomic E-state index is 11.9. The lowest BCUT2D eigenvalue weighted by Gasteiger charge is -2.13. The molecule has 0 unspecified atom stereocenters. The lowest BCUT2D eigenvalue weighted by molar-refractivity contribution is -0.141. The smallest absolute Gasteiger partial charge is 0.327 e. The van der Waals surface area contributed by atoms with Gasteiger partial charge in [0.25, 0.3) is 5.56 Å². The van der Waals surface area contributed by atoms with Gasteiger partial charge in [-0.15, -0.1) is 0 Å². The van der Waals surface area contributed by atoms with Crippen LogP contribution in [0.2, 0.25) is 5.02 Å². The predicted molar refractivity (Wildman–Crippen MR) is 71.4 cm³/mol. The molecule has 1 aromatic rings. The molecule has 1 fully saturated rings. The van der Waals surface area contributed by atoms with Gasteiger partial charge in [0.05, 0.1) is 19.0 Å². The van der Waals surface area contributed by atoms with E-state index in [1.807, 2.05) is 0 Å². The van der Waals surface area contributed by atoms with Crippen LogP contribution in [0, 0.1) is 5.41 Å². The zero-order chi connectivity index (χ0) is 14.0. The Morgan fingerprint density at radius 2 is 2.32 bits per heavy atom. The molecule has 1 aromatic heterocycles. The minimum absolute atomic E-state index is 0.0446. The van der Waals surface area contributed by atoms with Gasteiger partial charge in [-0.25, -0.2) is 4.68 Å². The molecular formula is C12H16ClN3O3. The van der Waals surface area contributed by atoms with E-state index in [9.17, 15) is 9.59 Å². The van der Waals surface area contributed by atoms with Gasteiger partial charge < -0.3 is 10.1 Å². The van der Waals surface area contributed by atoms with Crippen LogP contribution in [-0.4, -0.2) is 29.4 Å². The number of nitrogens with one attached hydrogen (secondary N) is 1. The number of anilines is 1. The van der Waals surface area contributed by atoms with Crippen molar-refractivity contribution in [3.8, 4) is 0 Å². The number of halogens is 1. The molecule has 1 heterocycles. The maximum Gasteiger partial charge on any atom is 0.327 e. The van der Waals surface area contributed by atoms with Crippen LogP contribution >= 0.6 is 11.6 Å². The molecule has 1 aliphatic carbocycles. The third-order valence-electron chi connectivity index (χ3n) is 3.30. The number of carbonyl (C=O) groups is 1. The third-order valence-corrected chi connectivity index (χ3v) is 3.67. The summed E-state index contributed by atoms with van der Waals surface area (Å²) in [7, 11) is 1.25. The summed E-state index contributed by atoms with van der Waals surface area (Å²) in [5.41, 5.74) is 0.295. The summed E-state index contributed by atoms with van der Waals surface area (Å²) >= 11 is 5.99. The molecule has 0 bridgehead atoms. The molecule has 19 heavy (non-hydrogen) atoms. The first-order valence-corrected chi connectivity index (χ1v) is 6.39. The molecule has 0 aromatic carbocycles. The van der Waals surface area contributed by atoms with Gasteiger partial charge in [-0.2, -0.15) is 5.10 Å². The third kappa shape index (κ3) is 3.26. The fourth-order valence-electron chi connectivity index (χ4n) is 1.59. The van der Waals surface area contributed by atoms with Gasteiger partial charge in [-0.1, -0.05) is 18.5 Å². The zero-order valence-electron chi connectivity index (χ0n) is 10.9. The Morgan fingerprint density at radius 3 is 2.89 bits per heavy atom. The van der Waals surface area contributed by atoms with E-state index >= 15 is 0 Å². The Labute approximate surface area is 115 Å². The van der Waals surface area contributed by atoms with Crippen molar-refractivity contribution in [2.45, 2.75) is 26.3 Å². The second kappa shape index (κ2) is 5.21. The van der Waals surface area contributed by atoms with Crippen molar-refractivity contribution in [2.75, 3.05) is 19.0 Å². The van der Waals surface area contributed by atoms with E-state index in [2.05, 4.69) is 22.1 Å². The molecule has 0 aliphatic heterocycles. The standard InChI is InChI=1S/C12H16ClN3O3/c1-12(3-4-12)7-14-8-5-15-16(6-9(17)19-2)11(18)10(8)13/h5,14H,3-4,6-7H2,1-2H3. The lowest BCUT2D eigenvalue weighted by Crippen LogP contribution is -2.28. The van der Waals surface area contributed by atoms with Crippen LogP contribution in [0.3, 0.4) is 0 Å². The second-order valence-electron chi connectivity index (χ2n) is 5.08. The molecule has 1 N–H and O–H groups in total. The molecule has 0 atom stereocenters. The highest BCUT2D eigenvalue weighted by molar-refractivity contribution is 6.32. The Balaban J connectivity index is 2.12. The van der Waals surface area contributed by atoms with Crippen molar-refractivity contribution in [3.63, 3.8) is 0 Å². The van der Waals surface area contributed by atoms with Crippen LogP contribution in [0.25, 0.3) is 0 Å². The fourth-order valence-corrected chi connectivity index (χ4v) is 1.80. The van der Waals surface area contributed by atoms with E-state index in [0.29, 0.717) is 11.1 Å². The van der Waals surface area contributed by atoms with Crippen LogP contribution in [0.5, 0.6) is 0 Å². The number of hydrogen-bond acceptors (Lipinski definition) is 5. The Kier molecular flexibility index (Phi) is 3.80. The van der Waals surface area contributed by atoms with Crippen LogP contribution in [0.1, 0.15) is 19.8 Å². The average molecular weight is 286 g/mol. The summed E-state index contributed by atoms with van der Waals surface area (Å²) in [6, 6.07) is 0. The van der Waals surface area contributed by atoms with Crippen molar-refractivity contribution in [1.29, 1.82) is 0 Å². The van der Waals surface area contributed by atoms with E-state index in [0.717, 1.165) is 11.2 Å². The number of methoxy groups -OCH3 is 1. The van der Waals surface area contributed by atoms with Gasteiger partial charge in [-0.3, -0.25) is 9.59 Å². The fraction of sp³-hybridized carbons (Fsp3) is 0.583. The van der Waals surface area contributed by atoms with E-state index in [-0.39, 0.29) is 11.6 Å². The molecule has 0 amide bonds. The SMILES string of the molecule is COC(=O)Cn1ncc(NCC2(C)CC2)c(Cl)c1=O. The van der Waals surface area contributed by atoms with Gasteiger partial charge in [0.2, 0.25) is 0 Å². The summed E-state index contributed by atoms with van der Waals surface area (Å²) < 4.78 is 5.47. The van der Waals surface area contributed by atoms with Crippen molar-refractivity contribution in [2.24, 2.45) is 5.41 Å². The van der Waals surface area contributed by atoms with E-state index < -0.39 is 11.5 Å². The zero-order valence-corrected chi connectivity index (χ0v) is 11.7. The van der Waals surface area contributed by atoms with Gasteiger partial charge in [0.15, 0.2) is 0 Å². The topological polar surface area (TPSA) is 73.2 Å². The number of nitrogens with zero attached hydrogens (tertiary/aromatic N) is 2. The van der Waals surface area contributed by atoms with Crippen LogP contribution in [-0.2, 0) is 16.1 Å². The van der Waals surface area contributed by atoms with Crippen molar-refractivity contribution in [3.05, 3.63) is 21.6 Å². The first-order valence-electron chi connectivity index (χ1n) is 6.01. The summed E-state index contributed by atoms with van der Waals surface area (Å²) in [6.07, 6.45) is 3.80. The quantitative estimate of drug-likeness (QED) is 0.825. The van der Waals surface area contributed by atoms with Gasteiger partial charge in [0, 0.05) is 6.54 Å². The molecule has 2 rings (SSSR count). The summed E-state index contributed by atoms with van der Waals surface area (Å²) in [5.74, 6) is -0.545. The van der Waals surface area contributed by atoms with Crippen LogP contribution in [0.4, 0.5) is 5.69 Å². The Morgan fingerprint density at radius 1 is 1.63 bits per heavy atom. The number of rotatable bonds is 5. The second-order valence-corrected chi connectivity index (χ2v) is 5.45. The lowest BCUT2D eigenvalue weighted by atomic mass is 10.1. The highest BCUT2D eigenvalue weighted by atomic mass is 35.5. The van der Waals surface area contributed by atoms with Gasteiger partial charge in [0.1, 0.15) is 11.6 Å². The van der Waals surface area contributed by atoms with Crippen LogP contribution < -0.4 is 10.9 Å². The Bertz CT molecular complexity index is 552. The van der Waals surface area contributed by atoms with Gasteiger partial charge in [-0.05, 0) is 18.3 Å².